The third kappa shape index (κ3) is 5.10. The molecule has 0 aromatic heterocycles. The van der Waals surface area contributed by atoms with Crippen LogP contribution < -0.4 is 4.72 Å². The summed E-state index contributed by atoms with van der Waals surface area (Å²) in [4.78, 5) is 10.1. The number of carboxylic acids is 1. The molecule has 1 rings (SSSR count). The van der Waals surface area contributed by atoms with E-state index < -0.39 is 44.4 Å². The number of hydrogen-bond acceptors (Lipinski definition) is 4. The standard InChI is InChI=1S/C13H16F3NO5S/c1-7(2)5-9(12(19)20)17-23(21,22)11-6-8(13(14,15)16)3-4-10(11)18/h3-4,6-7,9,17-18H,5H2,1-2H3,(H,19,20)/t9-/m1/s1. The minimum absolute atomic E-state index is 0.0612. The molecule has 0 bridgehead atoms. The van der Waals surface area contributed by atoms with E-state index in [1.165, 1.54) is 0 Å². The molecule has 0 spiro atoms. The number of nitrogens with one attached hydrogen (secondary N) is 1. The van der Waals surface area contributed by atoms with Crippen LogP contribution in [0.5, 0.6) is 5.75 Å². The van der Waals surface area contributed by atoms with Gasteiger partial charge < -0.3 is 10.2 Å². The minimum Gasteiger partial charge on any atom is -0.507 e. The third-order valence-electron chi connectivity index (χ3n) is 2.88. The first-order valence-electron chi connectivity index (χ1n) is 6.50. The van der Waals surface area contributed by atoms with Crippen molar-refractivity contribution in [2.45, 2.75) is 37.4 Å². The molecule has 0 aliphatic carbocycles. The van der Waals surface area contributed by atoms with Gasteiger partial charge in [-0.05, 0) is 30.5 Å². The highest BCUT2D eigenvalue weighted by Gasteiger charge is 2.34. The molecule has 0 saturated heterocycles. The topological polar surface area (TPSA) is 104 Å². The van der Waals surface area contributed by atoms with E-state index in [1.54, 1.807) is 18.6 Å². The molecule has 6 nitrogen and oxygen atoms in total. The van der Waals surface area contributed by atoms with Crippen LogP contribution in [0.2, 0.25) is 0 Å². The maximum absolute atomic E-state index is 12.7. The lowest BCUT2D eigenvalue weighted by atomic mass is 10.1. The lowest BCUT2D eigenvalue weighted by Gasteiger charge is -2.17. The third-order valence-corrected chi connectivity index (χ3v) is 4.38. The molecule has 0 radical (unpaired) electrons. The maximum Gasteiger partial charge on any atom is 0.416 e. The van der Waals surface area contributed by atoms with Crippen molar-refractivity contribution < 1.29 is 36.6 Å². The molecule has 0 amide bonds. The van der Waals surface area contributed by atoms with Crippen LogP contribution >= 0.6 is 0 Å². The first-order valence-corrected chi connectivity index (χ1v) is 7.98. The Hall–Kier alpha value is -1.81. The largest absolute Gasteiger partial charge is 0.507 e. The van der Waals surface area contributed by atoms with Crippen molar-refractivity contribution in [2.24, 2.45) is 5.92 Å². The average Bonchev–Trinajstić information content (AvgIpc) is 2.35. The molecule has 0 aliphatic heterocycles. The monoisotopic (exact) mass is 355 g/mol. The van der Waals surface area contributed by atoms with Crippen LogP contribution in [0.15, 0.2) is 23.1 Å². The molecule has 1 atom stereocenters. The van der Waals surface area contributed by atoms with Gasteiger partial charge >= 0.3 is 12.1 Å². The Morgan fingerprint density at radius 2 is 1.87 bits per heavy atom. The zero-order valence-electron chi connectivity index (χ0n) is 12.3. The molecule has 0 fully saturated rings. The molecule has 0 unspecified atom stereocenters. The molecular weight excluding hydrogens is 339 g/mol. The Kier molecular flexibility index (Phi) is 5.65. The Labute approximate surface area is 131 Å². The number of sulfonamides is 1. The molecule has 1 aromatic rings. The van der Waals surface area contributed by atoms with E-state index in [-0.39, 0.29) is 18.4 Å². The molecule has 0 saturated carbocycles. The van der Waals surface area contributed by atoms with Crippen molar-refractivity contribution in [1.29, 1.82) is 0 Å². The number of halogens is 3. The minimum atomic E-state index is -4.80. The number of carboxylic acid groups (broad SMARTS) is 1. The van der Waals surface area contributed by atoms with Crippen molar-refractivity contribution in [2.75, 3.05) is 0 Å². The van der Waals surface area contributed by atoms with E-state index in [0.717, 1.165) is 0 Å². The number of aliphatic carboxylic acids is 1. The summed E-state index contributed by atoms with van der Waals surface area (Å²) in [6.45, 7) is 3.32. The lowest BCUT2D eigenvalue weighted by Crippen LogP contribution is -2.41. The highest BCUT2D eigenvalue weighted by Crippen LogP contribution is 2.34. The van der Waals surface area contributed by atoms with Gasteiger partial charge in [-0.25, -0.2) is 8.42 Å². The van der Waals surface area contributed by atoms with Gasteiger partial charge in [-0.2, -0.15) is 17.9 Å². The fourth-order valence-corrected chi connectivity index (χ4v) is 3.15. The van der Waals surface area contributed by atoms with Gasteiger partial charge in [0.2, 0.25) is 10.0 Å². The van der Waals surface area contributed by atoms with E-state index >= 15 is 0 Å². The number of aromatic hydroxyl groups is 1. The first-order chi connectivity index (χ1) is 10.3. The molecule has 3 N–H and O–H groups in total. The van der Waals surface area contributed by atoms with Gasteiger partial charge in [-0.3, -0.25) is 4.79 Å². The summed E-state index contributed by atoms with van der Waals surface area (Å²) >= 11 is 0. The van der Waals surface area contributed by atoms with Crippen molar-refractivity contribution in [3.05, 3.63) is 23.8 Å². The maximum atomic E-state index is 12.7. The van der Waals surface area contributed by atoms with Gasteiger partial charge in [0.1, 0.15) is 16.7 Å². The quantitative estimate of drug-likeness (QED) is 0.726. The summed E-state index contributed by atoms with van der Waals surface area (Å²) in [5, 5.41) is 18.6. The highest BCUT2D eigenvalue weighted by molar-refractivity contribution is 7.89. The predicted octanol–water partition coefficient (Wildman–Crippen LogP) is 2.19. The number of phenols is 1. The van der Waals surface area contributed by atoms with E-state index in [1.807, 2.05) is 0 Å². The number of rotatable bonds is 6. The fraction of sp³-hybridized carbons (Fsp3) is 0.462. The summed E-state index contributed by atoms with van der Waals surface area (Å²) < 4.78 is 64.0. The van der Waals surface area contributed by atoms with Gasteiger partial charge in [-0.1, -0.05) is 13.8 Å². The summed E-state index contributed by atoms with van der Waals surface area (Å²) in [6.07, 6.45) is -4.86. The van der Waals surface area contributed by atoms with Crippen molar-refractivity contribution in [3.8, 4) is 5.75 Å². The van der Waals surface area contributed by atoms with Crippen LogP contribution in [0.25, 0.3) is 0 Å². The second-order valence-electron chi connectivity index (χ2n) is 5.32. The first kappa shape index (κ1) is 19.2. The van der Waals surface area contributed by atoms with E-state index in [4.69, 9.17) is 5.11 Å². The zero-order chi connectivity index (χ0) is 18.0. The average molecular weight is 355 g/mol. The molecule has 0 heterocycles. The normalized spacial score (nSPS) is 14.0. The highest BCUT2D eigenvalue weighted by atomic mass is 32.2. The molecule has 1 aromatic carbocycles. The van der Waals surface area contributed by atoms with Crippen LogP contribution in [0.4, 0.5) is 13.2 Å². The fourth-order valence-electron chi connectivity index (χ4n) is 1.83. The summed E-state index contributed by atoms with van der Waals surface area (Å²) in [5.74, 6) is -2.54. The SMILES string of the molecule is CC(C)C[C@@H](NS(=O)(=O)c1cc(C(F)(F)F)ccc1O)C(=O)O. The van der Waals surface area contributed by atoms with Crippen molar-refractivity contribution in [3.63, 3.8) is 0 Å². The van der Waals surface area contributed by atoms with Gasteiger partial charge in [-0.15, -0.1) is 0 Å². The van der Waals surface area contributed by atoms with Gasteiger partial charge in [0.05, 0.1) is 5.56 Å². The van der Waals surface area contributed by atoms with Crippen molar-refractivity contribution >= 4 is 16.0 Å². The Balaban J connectivity index is 3.24. The molecule has 0 aliphatic rings. The molecular formula is C13H16F3NO5S. The Morgan fingerprint density at radius 3 is 2.30 bits per heavy atom. The van der Waals surface area contributed by atoms with Crippen LogP contribution in [0.1, 0.15) is 25.8 Å². The number of hydrogen-bond donors (Lipinski definition) is 3. The number of carbonyl (C=O) groups is 1. The number of alkyl halides is 3. The van der Waals surface area contributed by atoms with Crippen molar-refractivity contribution in [1.82, 2.24) is 4.72 Å². The number of benzene rings is 1. The lowest BCUT2D eigenvalue weighted by molar-refractivity contribution is -0.139. The van der Waals surface area contributed by atoms with Crippen LogP contribution in [-0.4, -0.2) is 30.6 Å². The van der Waals surface area contributed by atoms with Crippen LogP contribution in [0, 0.1) is 5.92 Å². The number of phenolic OH excluding ortho intramolecular Hbond substituents is 1. The van der Waals surface area contributed by atoms with Crippen LogP contribution in [0.3, 0.4) is 0 Å². The van der Waals surface area contributed by atoms with Gasteiger partial charge in [0, 0.05) is 0 Å². The smallest absolute Gasteiger partial charge is 0.416 e. The predicted molar refractivity (Wildman–Crippen MR) is 74.3 cm³/mol. The second-order valence-corrected chi connectivity index (χ2v) is 7.00. The summed E-state index contributed by atoms with van der Waals surface area (Å²) in [6, 6.07) is -0.146. The summed E-state index contributed by atoms with van der Waals surface area (Å²) in [5.41, 5.74) is -1.27. The van der Waals surface area contributed by atoms with Gasteiger partial charge in [0.25, 0.3) is 0 Å². The van der Waals surface area contributed by atoms with Crippen LogP contribution in [-0.2, 0) is 21.0 Å². The summed E-state index contributed by atoms with van der Waals surface area (Å²) in [7, 11) is -4.64. The second kappa shape index (κ2) is 6.75. The van der Waals surface area contributed by atoms with E-state index in [0.29, 0.717) is 12.1 Å². The Morgan fingerprint density at radius 1 is 1.30 bits per heavy atom. The van der Waals surface area contributed by atoms with Gasteiger partial charge in [0.15, 0.2) is 0 Å². The molecule has 10 heteroatoms. The molecule has 130 valence electrons. The zero-order valence-corrected chi connectivity index (χ0v) is 13.1. The van der Waals surface area contributed by atoms with E-state index in [9.17, 15) is 31.5 Å². The molecule has 23 heavy (non-hydrogen) atoms. The Bertz CT molecular complexity index is 685. The van der Waals surface area contributed by atoms with E-state index in [2.05, 4.69) is 0 Å².